The highest BCUT2D eigenvalue weighted by atomic mass is 35.5. The van der Waals surface area contributed by atoms with Gasteiger partial charge in [0, 0.05) is 5.56 Å². The lowest BCUT2D eigenvalue weighted by Gasteiger charge is -2.01. The Bertz CT molecular complexity index is 268. The second-order valence-electron chi connectivity index (χ2n) is 2.08. The molecule has 0 aliphatic heterocycles. The second kappa shape index (κ2) is 3.56. The van der Waals surface area contributed by atoms with E-state index in [-0.39, 0.29) is 0 Å². The van der Waals surface area contributed by atoms with Gasteiger partial charge in [0.05, 0.1) is 5.02 Å². The zero-order chi connectivity index (χ0) is 8.27. The van der Waals surface area contributed by atoms with E-state index in [1.165, 1.54) is 0 Å². The van der Waals surface area contributed by atoms with Crippen LogP contribution in [0.5, 0.6) is 0 Å². The van der Waals surface area contributed by atoms with E-state index in [1.54, 1.807) is 12.1 Å². The van der Waals surface area contributed by atoms with E-state index in [0.717, 1.165) is 12.2 Å². The van der Waals surface area contributed by atoms with Crippen LogP contribution in [0, 0.1) is 6.61 Å². The van der Waals surface area contributed by atoms with Crippen LogP contribution < -0.4 is 0 Å². The zero-order valence-corrected chi connectivity index (χ0v) is 6.67. The molecule has 0 aliphatic carbocycles. The summed E-state index contributed by atoms with van der Waals surface area (Å²) in [6.07, 6.45) is 1.65. The number of aliphatic hydroxyl groups excluding tert-OH is 1. The maximum Gasteiger partial charge on any atom is 0.111 e. The summed E-state index contributed by atoms with van der Waals surface area (Å²) >= 11 is 5.85. The van der Waals surface area contributed by atoms with Gasteiger partial charge in [0.25, 0.3) is 0 Å². The second-order valence-corrected chi connectivity index (χ2v) is 2.46. The first-order chi connectivity index (χ1) is 5.29. The van der Waals surface area contributed by atoms with Crippen molar-refractivity contribution in [2.75, 3.05) is 0 Å². The standard InChI is InChI=1S/C9H8ClO/c1-2-7-4-3-5-8(6-11)9(7)10/h2-6,11H,1H2. The smallest absolute Gasteiger partial charge is 0.111 e. The van der Waals surface area contributed by atoms with Gasteiger partial charge in [-0.05, 0) is 5.56 Å². The van der Waals surface area contributed by atoms with Crippen molar-refractivity contribution in [2.24, 2.45) is 0 Å². The van der Waals surface area contributed by atoms with Crippen LogP contribution in [0.4, 0.5) is 0 Å². The summed E-state index contributed by atoms with van der Waals surface area (Å²) in [5.41, 5.74) is 1.44. The number of hydrogen-bond acceptors (Lipinski definition) is 1. The number of aliphatic hydroxyl groups is 1. The van der Waals surface area contributed by atoms with E-state index in [2.05, 4.69) is 6.58 Å². The lowest BCUT2D eigenvalue weighted by Crippen LogP contribution is -1.84. The molecular weight excluding hydrogens is 160 g/mol. The highest BCUT2D eigenvalue weighted by molar-refractivity contribution is 6.33. The molecule has 0 aliphatic rings. The molecule has 0 fully saturated rings. The van der Waals surface area contributed by atoms with Crippen LogP contribution in [0.3, 0.4) is 0 Å². The highest BCUT2D eigenvalue weighted by Crippen LogP contribution is 2.22. The molecule has 0 aromatic heterocycles. The quantitative estimate of drug-likeness (QED) is 0.718. The lowest BCUT2D eigenvalue weighted by atomic mass is 10.1. The molecule has 0 saturated heterocycles. The Kier molecular flexibility index (Phi) is 2.69. The van der Waals surface area contributed by atoms with Gasteiger partial charge in [-0.25, -0.2) is 0 Å². The molecule has 11 heavy (non-hydrogen) atoms. The Labute approximate surface area is 70.9 Å². The third kappa shape index (κ3) is 1.62. The minimum absolute atomic E-state index is 0.532. The van der Waals surface area contributed by atoms with E-state index in [4.69, 9.17) is 16.7 Å². The summed E-state index contributed by atoms with van der Waals surface area (Å²) in [6, 6.07) is 5.38. The normalized spacial score (nSPS) is 9.64. The predicted molar refractivity (Wildman–Crippen MR) is 46.9 cm³/mol. The van der Waals surface area contributed by atoms with Crippen molar-refractivity contribution in [3.8, 4) is 0 Å². The topological polar surface area (TPSA) is 20.2 Å². The molecule has 0 unspecified atom stereocenters. The molecular formula is C9H8ClO. The molecule has 1 aromatic rings. The van der Waals surface area contributed by atoms with Crippen LogP contribution in [0.1, 0.15) is 11.1 Å². The molecule has 57 valence electrons. The van der Waals surface area contributed by atoms with Gasteiger partial charge in [-0.15, -0.1) is 0 Å². The van der Waals surface area contributed by atoms with Crippen molar-refractivity contribution in [1.29, 1.82) is 0 Å². The van der Waals surface area contributed by atoms with E-state index in [0.29, 0.717) is 10.6 Å². The molecule has 2 heteroatoms. The molecule has 0 heterocycles. The molecule has 1 radical (unpaired) electrons. The Balaban J connectivity index is 3.20. The SMILES string of the molecule is C=Cc1cccc([CH]O)c1Cl. The first-order valence-corrected chi connectivity index (χ1v) is 3.55. The van der Waals surface area contributed by atoms with Gasteiger partial charge in [-0.2, -0.15) is 0 Å². The number of halogens is 1. The molecule has 0 spiro atoms. The van der Waals surface area contributed by atoms with Crippen molar-refractivity contribution >= 4 is 17.7 Å². The van der Waals surface area contributed by atoms with Gasteiger partial charge >= 0.3 is 0 Å². The average molecular weight is 168 g/mol. The van der Waals surface area contributed by atoms with Crippen LogP contribution in [0.25, 0.3) is 6.08 Å². The third-order valence-electron chi connectivity index (χ3n) is 1.42. The Morgan fingerprint density at radius 3 is 2.55 bits per heavy atom. The fraction of sp³-hybridized carbons (Fsp3) is 0. The lowest BCUT2D eigenvalue weighted by molar-refractivity contribution is 0.415. The Hall–Kier alpha value is -0.790. The fourth-order valence-corrected chi connectivity index (χ4v) is 1.08. The zero-order valence-electron chi connectivity index (χ0n) is 5.92. The molecule has 1 N–H and O–H groups in total. The predicted octanol–water partition coefficient (Wildman–Crippen LogP) is 2.87. The van der Waals surface area contributed by atoms with Gasteiger partial charge in [0.15, 0.2) is 0 Å². The van der Waals surface area contributed by atoms with Gasteiger partial charge in [0.2, 0.25) is 0 Å². The first-order valence-electron chi connectivity index (χ1n) is 3.18. The van der Waals surface area contributed by atoms with Crippen molar-refractivity contribution in [1.82, 2.24) is 0 Å². The van der Waals surface area contributed by atoms with Gasteiger partial charge < -0.3 is 5.11 Å². The molecule has 0 saturated carbocycles. The Morgan fingerprint density at radius 1 is 1.36 bits per heavy atom. The van der Waals surface area contributed by atoms with E-state index < -0.39 is 0 Å². The van der Waals surface area contributed by atoms with E-state index in [9.17, 15) is 0 Å². The van der Waals surface area contributed by atoms with Crippen LogP contribution >= 0.6 is 11.6 Å². The summed E-state index contributed by atoms with van der Waals surface area (Å²) in [5, 5.41) is 9.23. The van der Waals surface area contributed by atoms with Crippen molar-refractivity contribution in [3.05, 3.63) is 47.5 Å². The minimum atomic E-state index is 0.532. The molecule has 0 amide bonds. The summed E-state index contributed by atoms with van der Waals surface area (Å²) in [7, 11) is 0. The Morgan fingerprint density at radius 2 is 2.00 bits per heavy atom. The van der Waals surface area contributed by atoms with Crippen molar-refractivity contribution in [3.63, 3.8) is 0 Å². The van der Waals surface area contributed by atoms with Crippen LogP contribution in [-0.2, 0) is 0 Å². The summed E-state index contributed by atoms with van der Waals surface area (Å²) in [4.78, 5) is 0. The number of hydrogen-bond donors (Lipinski definition) is 1. The first kappa shape index (κ1) is 8.31. The summed E-state index contributed by atoms with van der Waals surface area (Å²) in [5.74, 6) is 0. The highest BCUT2D eigenvalue weighted by Gasteiger charge is 2.01. The maximum absolute atomic E-state index is 8.69. The fourth-order valence-electron chi connectivity index (χ4n) is 0.826. The summed E-state index contributed by atoms with van der Waals surface area (Å²) < 4.78 is 0. The molecule has 1 rings (SSSR count). The molecule has 1 aromatic carbocycles. The van der Waals surface area contributed by atoms with Crippen molar-refractivity contribution < 1.29 is 5.11 Å². The van der Waals surface area contributed by atoms with E-state index >= 15 is 0 Å². The minimum Gasteiger partial charge on any atom is -0.385 e. The summed E-state index contributed by atoms with van der Waals surface area (Å²) in [6.45, 7) is 4.57. The molecule has 1 nitrogen and oxygen atoms in total. The molecule has 0 atom stereocenters. The number of benzene rings is 1. The van der Waals surface area contributed by atoms with Crippen LogP contribution in [0.15, 0.2) is 24.8 Å². The van der Waals surface area contributed by atoms with Crippen molar-refractivity contribution in [2.45, 2.75) is 0 Å². The van der Waals surface area contributed by atoms with E-state index in [1.807, 2.05) is 12.1 Å². The van der Waals surface area contributed by atoms with Gasteiger partial charge in [0.1, 0.15) is 6.61 Å². The van der Waals surface area contributed by atoms with Gasteiger partial charge in [-0.1, -0.05) is 42.5 Å². The average Bonchev–Trinajstić information content (AvgIpc) is 2.05. The monoisotopic (exact) mass is 167 g/mol. The maximum atomic E-state index is 8.69. The molecule has 0 bridgehead atoms. The number of rotatable bonds is 2. The largest absolute Gasteiger partial charge is 0.385 e. The van der Waals surface area contributed by atoms with Gasteiger partial charge in [-0.3, -0.25) is 0 Å². The third-order valence-corrected chi connectivity index (χ3v) is 1.85. The van der Waals surface area contributed by atoms with Crippen LogP contribution in [0.2, 0.25) is 5.02 Å². The van der Waals surface area contributed by atoms with Crippen LogP contribution in [-0.4, -0.2) is 5.11 Å².